The van der Waals surface area contributed by atoms with Crippen LogP contribution in [-0.2, 0) is 4.79 Å². The summed E-state index contributed by atoms with van der Waals surface area (Å²) >= 11 is 5.94. The second-order valence-corrected chi connectivity index (χ2v) is 5.03. The van der Waals surface area contributed by atoms with Gasteiger partial charge in [0.15, 0.2) is 6.61 Å². The summed E-state index contributed by atoms with van der Waals surface area (Å²) in [6, 6.07) is 12.2. The molecule has 2 rings (SSSR count). The molecule has 0 atom stereocenters. The van der Waals surface area contributed by atoms with Crippen molar-refractivity contribution in [3.8, 4) is 17.2 Å². The van der Waals surface area contributed by atoms with Crippen molar-refractivity contribution in [2.45, 2.75) is 0 Å². The Balaban J connectivity index is 1.91. The van der Waals surface area contributed by atoms with Crippen molar-refractivity contribution in [2.24, 2.45) is 5.10 Å². The van der Waals surface area contributed by atoms with Gasteiger partial charge in [0.1, 0.15) is 17.2 Å². The molecule has 0 saturated carbocycles. The van der Waals surface area contributed by atoms with E-state index in [0.29, 0.717) is 27.8 Å². The maximum atomic E-state index is 11.7. The second kappa shape index (κ2) is 8.79. The molecule has 0 heterocycles. The van der Waals surface area contributed by atoms with Crippen molar-refractivity contribution in [1.82, 2.24) is 5.43 Å². The van der Waals surface area contributed by atoms with Crippen molar-refractivity contribution in [2.75, 3.05) is 20.8 Å². The lowest BCUT2D eigenvalue weighted by molar-refractivity contribution is -0.123. The van der Waals surface area contributed by atoms with Crippen LogP contribution in [0.3, 0.4) is 0 Å². The van der Waals surface area contributed by atoms with Gasteiger partial charge in [0, 0.05) is 5.56 Å². The molecule has 0 unspecified atom stereocenters. The van der Waals surface area contributed by atoms with E-state index in [1.807, 2.05) is 0 Å². The number of ether oxygens (including phenoxy) is 3. The molecule has 2 aromatic rings. The lowest BCUT2D eigenvalue weighted by Gasteiger charge is -2.07. The van der Waals surface area contributed by atoms with Crippen LogP contribution in [-0.4, -0.2) is 32.9 Å². The fraction of sp³-hybridized carbons (Fsp3) is 0.176. The van der Waals surface area contributed by atoms with Crippen LogP contribution in [0.1, 0.15) is 5.56 Å². The number of carbonyl (C=O) groups is 1. The van der Waals surface area contributed by atoms with Gasteiger partial charge in [-0.1, -0.05) is 23.7 Å². The van der Waals surface area contributed by atoms with Crippen LogP contribution in [0.4, 0.5) is 0 Å². The third kappa shape index (κ3) is 4.89. The number of benzene rings is 2. The lowest BCUT2D eigenvalue weighted by Crippen LogP contribution is -2.24. The molecule has 0 fully saturated rings. The van der Waals surface area contributed by atoms with Crippen LogP contribution in [0.2, 0.25) is 5.02 Å². The predicted molar refractivity (Wildman–Crippen MR) is 92.2 cm³/mol. The van der Waals surface area contributed by atoms with Crippen LogP contribution in [0.15, 0.2) is 47.6 Å². The fourth-order valence-electron chi connectivity index (χ4n) is 1.85. The Labute approximate surface area is 145 Å². The molecule has 1 N–H and O–H groups in total. The van der Waals surface area contributed by atoms with Gasteiger partial charge >= 0.3 is 0 Å². The third-order valence-electron chi connectivity index (χ3n) is 3.03. The molecule has 0 aliphatic carbocycles. The van der Waals surface area contributed by atoms with Gasteiger partial charge in [-0.25, -0.2) is 5.43 Å². The number of halogens is 1. The zero-order valence-electron chi connectivity index (χ0n) is 13.3. The van der Waals surface area contributed by atoms with Gasteiger partial charge in [0.25, 0.3) is 5.91 Å². The molecule has 126 valence electrons. The van der Waals surface area contributed by atoms with E-state index in [-0.39, 0.29) is 6.61 Å². The average molecular weight is 349 g/mol. The Morgan fingerprint density at radius 1 is 1.17 bits per heavy atom. The van der Waals surface area contributed by atoms with Crippen LogP contribution in [0, 0.1) is 0 Å². The first-order valence-electron chi connectivity index (χ1n) is 7.05. The molecule has 2 aromatic carbocycles. The van der Waals surface area contributed by atoms with Crippen LogP contribution >= 0.6 is 11.6 Å². The Morgan fingerprint density at radius 2 is 1.96 bits per heavy atom. The molecular formula is C17H17ClN2O4. The first kappa shape index (κ1) is 17.6. The van der Waals surface area contributed by atoms with E-state index in [4.69, 9.17) is 25.8 Å². The second-order valence-electron chi connectivity index (χ2n) is 4.62. The lowest BCUT2D eigenvalue weighted by atomic mass is 10.2. The number of hydrazone groups is 1. The van der Waals surface area contributed by atoms with Gasteiger partial charge < -0.3 is 14.2 Å². The molecule has 0 saturated heterocycles. The van der Waals surface area contributed by atoms with Crippen molar-refractivity contribution in [3.63, 3.8) is 0 Å². The normalized spacial score (nSPS) is 10.5. The highest BCUT2D eigenvalue weighted by Crippen LogP contribution is 2.23. The number of nitrogens with zero attached hydrogens (tertiary/aromatic N) is 1. The monoisotopic (exact) mass is 348 g/mol. The minimum atomic E-state index is -0.409. The smallest absolute Gasteiger partial charge is 0.277 e. The van der Waals surface area contributed by atoms with Gasteiger partial charge in [0.2, 0.25) is 0 Å². The summed E-state index contributed by atoms with van der Waals surface area (Å²) in [6.45, 7) is -0.198. The molecule has 0 bridgehead atoms. The van der Waals surface area contributed by atoms with Crippen molar-refractivity contribution in [1.29, 1.82) is 0 Å². The maximum absolute atomic E-state index is 11.7. The van der Waals surface area contributed by atoms with Gasteiger partial charge in [-0.15, -0.1) is 0 Å². The average Bonchev–Trinajstić information content (AvgIpc) is 2.61. The Kier molecular flexibility index (Phi) is 6.45. The van der Waals surface area contributed by atoms with Crippen LogP contribution < -0.4 is 19.6 Å². The summed E-state index contributed by atoms with van der Waals surface area (Å²) in [5.74, 6) is 1.30. The first-order chi connectivity index (χ1) is 11.6. The highest BCUT2D eigenvalue weighted by molar-refractivity contribution is 6.32. The number of nitrogens with one attached hydrogen (secondary N) is 1. The summed E-state index contributed by atoms with van der Waals surface area (Å²) < 4.78 is 15.7. The van der Waals surface area contributed by atoms with Gasteiger partial charge in [-0.05, 0) is 30.3 Å². The quantitative estimate of drug-likeness (QED) is 0.617. The van der Waals surface area contributed by atoms with Gasteiger partial charge in [-0.2, -0.15) is 5.10 Å². The minimum Gasteiger partial charge on any atom is -0.497 e. The molecule has 0 aliphatic heterocycles. The molecule has 24 heavy (non-hydrogen) atoms. The number of methoxy groups -OCH3 is 2. The maximum Gasteiger partial charge on any atom is 0.277 e. The molecule has 0 aromatic heterocycles. The SMILES string of the molecule is COc1ccc(OC)c(/C=N\NC(=O)COc2ccccc2Cl)c1. The standard InChI is InChI=1S/C17H17ClN2O4/c1-22-13-7-8-15(23-2)12(9-13)10-19-20-17(21)11-24-16-6-4-3-5-14(16)18/h3-10H,11H2,1-2H3,(H,20,21)/b19-10-. The Morgan fingerprint density at radius 3 is 2.67 bits per heavy atom. The molecular weight excluding hydrogens is 332 g/mol. The fourth-order valence-corrected chi connectivity index (χ4v) is 2.04. The molecule has 0 radical (unpaired) electrons. The van der Waals surface area contributed by atoms with Crippen LogP contribution in [0.5, 0.6) is 17.2 Å². The molecule has 1 amide bonds. The van der Waals surface area contributed by atoms with Crippen molar-refractivity contribution >= 4 is 23.7 Å². The third-order valence-corrected chi connectivity index (χ3v) is 3.34. The molecule has 6 nitrogen and oxygen atoms in total. The van der Waals surface area contributed by atoms with E-state index in [2.05, 4.69) is 10.5 Å². The minimum absolute atomic E-state index is 0.198. The zero-order chi connectivity index (χ0) is 17.4. The summed E-state index contributed by atoms with van der Waals surface area (Å²) in [7, 11) is 3.12. The first-order valence-corrected chi connectivity index (χ1v) is 7.43. The van der Waals surface area contributed by atoms with E-state index in [1.54, 1.807) is 56.7 Å². The number of amides is 1. The molecule has 0 spiro atoms. The van der Waals surface area contributed by atoms with Gasteiger partial charge in [-0.3, -0.25) is 4.79 Å². The zero-order valence-corrected chi connectivity index (χ0v) is 14.0. The van der Waals surface area contributed by atoms with E-state index >= 15 is 0 Å². The largest absolute Gasteiger partial charge is 0.497 e. The Bertz CT molecular complexity index is 734. The molecule has 0 aliphatic rings. The van der Waals surface area contributed by atoms with Crippen LogP contribution in [0.25, 0.3) is 0 Å². The molecule has 7 heteroatoms. The van der Waals surface area contributed by atoms with E-state index < -0.39 is 5.91 Å². The Hall–Kier alpha value is -2.73. The number of hydrogen-bond acceptors (Lipinski definition) is 5. The number of para-hydroxylation sites is 1. The highest BCUT2D eigenvalue weighted by Gasteiger charge is 2.05. The number of carbonyl (C=O) groups excluding carboxylic acids is 1. The number of rotatable bonds is 7. The topological polar surface area (TPSA) is 69.2 Å². The van der Waals surface area contributed by atoms with E-state index in [9.17, 15) is 4.79 Å². The number of hydrogen-bond donors (Lipinski definition) is 1. The van der Waals surface area contributed by atoms with Crippen molar-refractivity contribution < 1.29 is 19.0 Å². The van der Waals surface area contributed by atoms with Gasteiger partial charge in [0.05, 0.1) is 25.5 Å². The van der Waals surface area contributed by atoms with E-state index in [1.165, 1.54) is 6.21 Å². The summed E-state index contributed by atoms with van der Waals surface area (Å²) in [6.07, 6.45) is 1.47. The summed E-state index contributed by atoms with van der Waals surface area (Å²) in [5.41, 5.74) is 3.05. The summed E-state index contributed by atoms with van der Waals surface area (Å²) in [5, 5.41) is 4.33. The predicted octanol–water partition coefficient (Wildman–Crippen LogP) is 2.89. The van der Waals surface area contributed by atoms with Crippen molar-refractivity contribution in [3.05, 3.63) is 53.1 Å². The highest BCUT2D eigenvalue weighted by atomic mass is 35.5. The summed E-state index contributed by atoms with van der Waals surface area (Å²) in [4.78, 5) is 11.7. The van der Waals surface area contributed by atoms with E-state index in [0.717, 1.165) is 0 Å².